The normalized spacial score (nSPS) is 21.6. The van der Waals surface area contributed by atoms with Crippen LogP contribution < -0.4 is 4.90 Å². The van der Waals surface area contributed by atoms with Gasteiger partial charge in [-0.25, -0.2) is 18.3 Å². The Morgan fingerprint density at radius 3 is 2.72 bits per heavy atom. The summed E-state index contributed by atoms with van der Waals surface area (Å²) < 4.78 is 45.8. The smallest absolute Gasteiger partial charge is 0.150 e. The van der Waals surface area contributed by atoms with E-state index in [4.69, 9.17) is 23.8 Å². The lowest BCUT2D eigenvalue weighted by Gasteiger charge is -2.34. The molecule has 2 fully saturated rings. The van der Waals surface area contributed by atoms with Gasteiger partial charge in [0.25, 0.3) is 0 Å². The van der Waals surface area contributed by atoms with Gasteiger partial charge in [-0.05, 0) is 62.6 Å². The Bertz CT molecular complexity index is 1610. The Morgan fingerprint density at radius 2 is 1.95 bits per heavy atom. The van der Waals surface area contributed by atoms with E-state index in [1.165, 1.54) is 24.3 Å². The third kappa shape index (κ3) is 5.13. The highest BCUT2D eigenvalue weighted by Crippen LogP contribution is 2.37. The van der Waals surface area contributed by atoms with Crippen LogP contribution in [0.3, 0.4) is 0 Å². The Balaban J connectivity index is 1.56. The molecule has 204 valence electrons. The van der Waals surface area contributed by atoms with E-state index in [0.29, 0.717) is 54.0 Å². The highest BCUT2D eigenvalue weighted by molar-refractivity contribution is 7.93. The Kier molecular flexibility index (Phi) is 7.05. The van der Waals surface area contributed by atoms with E-state index < -0.39 is 9.73 Å². The van der Waals surface area contributed by atoms with Crippen LogP contribution in [0.1, 0.15) is 32.4 Å². The fraction of sp³-hybridized carbons (Fsp3) is 0.393. The van der Waals surface area contributed by atoms with Gasteiger partial charge < -0.3 is 14.4 Å². The first-order valence-electron chi connectivity index (χ1n) is 13.2. The van der Waals surface area contributed by atoms with E-state index >= 15 is 0 Å². The van der Waals surface area contributed by atoms with Crippen LogP contribution in [0.15, 0.2) is 64.1 Å². The number of nitrogens with zero attached hydrogens (tertiary/aromatic N) is 6. The molecule has 2 aliphatic heterocycles. The number of pyridine rings is 2. The molecule has 9 nitrogen and oxygen atoms in total. The minimum atomic E-state index is -2.90. The van der Waals surface area contributed by atoms with Crippen molar-refractivity contribution < 1.29 is 18.1 Å². The Morgan fingerprint density at radius 1 is 1.10 bits per heavy atom. The number of ether oxygens (including phenoxy) is 2. The molecule has 11 heteroatoms. The lowest BCUT2D eigenvalue weighted by molar-refractivity contribution is -0.0383. The molecule has 2 aliphatic rings. The number of rotatable bonds is 5. The second-order valence-electron chi connectivity index (χ2n) is 10.0. The molecule has 0 bridgehead atoms. The first-order valence-corrected chi connectivity index (χ1v) is 15.1. The summed E-state index contributed by atoms with van der Waals surface area (Å²) in [5.41, 5.74) is 2.63. The summed E-state index contributed by atoms with van der Waals surface area (Å²) in [7, 11) is -2.90. The van der Waals surface area contributed by atoms with Crippen molar-refractivity contribution in [3.8, 4) is 11.4 Å². The second-order valence-corrected chi connectivity index (χ2v) is 12.3. The SMILES string of the molecule is C[C@@H]1COCCN1c1cc(N=S(C)(=O)c2ccc(F)cc2)c2ccnc(-c3ccnn3C3CCCCO3)c2n1. The maximum Gasteiger partial charge on any atom is 0.150 e. The van der Waals surface area contributed by atoms with Crippen molar-refractivity contribution in [2.24, 2.45) is 4.36 Å². The van der Waals surface area contributed by atoms with Gasteiger partial charge in [0.2, 0.25) is 0 Å². The summed E-state index contributed by atoms with van der Waals surface area (Å²) in [5, 5.41) is 5.29. The zero-order valence-corrected chi connectivity index (χ0v) is 22.8. The number of anilines is 1. The van der Waals surface area contributed by atoms with Crippen LogP contribution in [0.4, 0.5) is 15.9 Å². The molecule has 3 aromatic heterocycles. The number of hydrogen-bond acceptors (Lipinski definition) is 8. The van der Waals surface area contributed by atoms with E-state index in [9.17, 15) is 8.60 Å². The zero-order valence-electron chi connectivity index (χ0n) is 22.0. The average Bonchev–Trinajstić information content (AvgIpc) is 3.43. The van der Waals surface area contributed by atoms with E-state index in [0.717, 1.165) is 30.3 Å². The van der Waals surface area contributed by atoms with Gasteiger partial charge in [0.1, 0.15) is 22.8 Å². The first-order chi connectivity index (χ1) is 18.9. The highest BCUT2D eigenvalue weighted by atomic mass is 32.2. The van der Waals surface area contributed by atoms with Gasteiger partial charge in [0.15, 0.2) is 6.23 Å². The van der Waals surface area contributed by atoms with E-state index in [1.54, 1.807) is 18.6 Å². The molecule has 0 spiro atoms. The van der Waals surface area contributed by atoms with Crippen LogP contribution in [0.5, 0.6) is 0 Å². The van der Waals surface area contributed by atoms with Crippen molar-refractivity contribution >= 4 is 32.1 Å². The van der Waals surface area contributed by atoms with Crippen LogP contribution in [0, 0.1) is 5.82 Å². The summed E-state index contributed by atoms with van der Waals surface area (Å²) in [5.74, 6) is 0.321. The molecule has 4 aromatic rings. The van der Waals surface area contributed by atoms with E-state index in [2.05, 4.69) is 16.9 Å². The Hall–Kier alpha value is -3.41. The molecular weight excluding hydrogens is 519 g/mol. The summed E-state index contributed by atoms with van der Waals surface area (Å²) in [6.07, 6.45) is 7.85. The molecule has 0 saturated carbocycles. The molecule has 5 heterocycles. The number of fused-ring (bicyclic) bond motifs is 1. The number of aromatic nitrogens is 4. The zero-order chi connectivity index (χ0) is 27.0. The predicted molar refractivity (Wildman–Crippen MR) is 148 cm³/mol. The van der Waals surface area contributed by atoms with E-state index in [-0.39, 0.29) is 18.1 Å². The molecule has 0 N–H and O–H groups in total. The molecule has 2 saturated heterocycles. The standard InChI is InChI=1S/C28H31FN6O3S/c1-19-18-37-16-14-34(19)25-17-23(33-39(2,36)21-8-6-20(29)7-9-21)22-10-12-30-28(27(22)32-25)24-11-13-31-35(24)26-5-3-4-15-38-26/h6-13,17,19,26H,3-5,14-16,18H2,1-2H3/t19-,26?,39?/m1/s1. The molecule has 39 heavy (non-hydrogen) atoms. The summed E-state index contributed by atoms with van der Waals surface area (Å²) in [6, 6.07) is 11.4. The van der Waals surface area contributed by atoms with Gasteiger partial charge in [-0.15, -0.1) is 0 Å². The van der Waals surface area contributed by atoms with Gasteiger partial charge in [-0.3, -0.25) is 4.98 Å². The van der Waals surface area contributed by atoms with Crippen LogP contribution in [0.25, 0.3) is 22.3 Å². The lowest BCUT2D eigenvalue weighted by Crippen LogP contribution is -2.44. The van der Waals surface area contributed by atoms with Gasteiger partial charge in [0, 0.05) is 48.1 Å². The third-order valence-corrected chi connectivity index (χ3v) is 8.91. The van der Waals surface area contributed by atoms with Crippen molar-refractivity contribution in [2.45, 2.75) is 43.4 Å². The largest absolute Gasteiger partial charge is 0.377 e. The van der Waals surface area contributed by atoms with Crippen LogP contribution in [-0.4, -0.2) is 62.6 Å². The molecule has 2 unspecified atom stereocenters. The molecule has 3 atom stereocenters. The summed E-state index contributed by atoms with van der Waals surface area (Å²) in [6.45, 7) is 4.62. The molecule has 1 aromatic carbocycles. The van der Waals surface area contributed by atoms with Gasteiger partial charge in [-0.1, -0.05) is 0 Å². The van der Waals surface area contributed by atoms with Crippen LogP contribution in [0.2, 0.25) is 0 Å². The number of morpholine rings is 1. The summed E-state index contributed by atoms with van der Waals surface area (Å²) >= 11 is 0. The maximum absolute atomic E-state index is 13.8. The number of hydrogen-bond donors (Lipinski definition) is 0. The topological polar surface area (TPSA) is 94.7 Å². The van der Waals surface area contributed by atoms with Crippen molar-refractivity contribution in [2.75, 3.05) is 37.5 Å². The number of benzene rings is 1. The van der Waals surface area contributed by atoms with Crippen molar-refractivity contribution in [1.82, 2.24) is 19.7 Å². The maximum atomic E-state index is 13.8. The van der Waals surface area contributed by atoms with E-state index in [1.807, 2.05) is 22.9 Å². The fourth-order valence-electron chi connectivity index (χ4n) is 5.17. The van der Waals surface area contributed by atoms with Crippen molar-refractivity contribution in [3.05, 3.63) is 60.7 Å². The quantitative estimate of drug-likeness (QED) is 0.331. The molecule has 0 radical (unpaired) electrons. The fourth-order valence-corrected chi connectivity index (χ4v) is 6.45. The van der Waals surface area contributed by atoms with Crippen molar-refractivity contribution in [3.63, 3.8) is 0 Å². The van der Waals surface area contributed by atoms with Crippen molar-refractivity contribution in [1.29, 1.82) is 0 Å². The van der Waals surface area contributed by atoms with Gasteiger partial charge in [-0.2, -0.15) is 9.46 Å². The Labute approximate surface area is 227 Å². The molecule has 0 aliphatic carbocycles. The van der Waals surface area contributed by atoms with Gasteiger partial charge in [0.05, 0.1) is 40.4 Å². The second kappa shape index (κ2) is 10.6. The number of halogens is 1. The highest BCUT2D eigenvalue weighted by Gasteiger charge is 2.25. The minimum Gasteiger partial charge on any atom is -0.377 e. The van der Waals surface area contributed by atoms with Gasteiger partial charge >= 0.3 is 0 Å². The minimum absolute atomic E-state index is 0.0981. The van der Waals surface area contributed by atoms with Crippen LogP contribution >= 0.6 is 0 Å². The summed E-state index contributed by atoms with van der Waals surface area (Å²) in [4.78, 5) is 12.5. The molecule has 6 rings (SSSR count). The third-order valence-electron chi connectivity index (χ3n) is 7.22. The predicted octanol–water partition coefficient (Wildman–Crippen LogP) is 5.35. The molecule has 0 amide bonds. The average molecular weight is 551 g/mol. The first kappa shape index (κ1) is 25.8. The molecular formula is C28H31FN6O3S. The monoisotopic (exact) mass is 550 g/mol. The van der Waals surface area contributed by atoms with Crippen LogP contribution in [-0.2, 0) is 19.2 Å². The lowest BCUT2D eigenvalue weighted by atomic mass is 10.1.